The molecule has 1 aliphatic rings. The molecule has 2 heterocycles. The number of carbonyl (C=O) groups excluding carboxylic acids is 1. The summed E-state index contributed by atoms with van der Waals surface area (Å²) in [5.41, 5.74) is 7.68. The number of carbonyl (C=O) groups is 1. The van der Waals surface area contributed by atoms with Gasteiger partial charge in [0, 0.05) is 12.6 Å². The summed E-state index contributed by atoms with van der Waals surface area (Å²) < 4.78 is 12.9. The molecule has 1 atom stereocenters. The minimum Gasteiger partial charge on any atom is -0.320 e. The molecule has 0 radical (unpaired) electrons. The average Bonchev–Trinajstić information content (AvgIpc) is 2.46. The Kier molecular flexibility index (Phi) is 6.29. The van der Waals surface area contributed by atoms with Gasteiger partial charge in [-0.25, -0.2) is 9.37 Å². The number of rotatable bonds is 2. The van der Waals surface area contributed by atoms with Crippen molar-refractivity contribution in [3.8, 4) is 0 Å². The Morgan fingerprint density at radius 3 is 2.59 bits per heavy atom. The molecule has 1 unspecified atom stereocenters. The molecule has 0 saturated carbocycles. The van der Waals surface area contributed by atoms with Crippen LogP contribution >= 0.6 is 24.8 Å². The van der Waals surface area contributed by atoms with Crippen molar-refractivity contribution in [2.75, 3.05) is 4.90 Å². The number of hydrogen-bond acceptors (Lipinski definition) is 3. The van der Waals surface area contributed by atoms with Gasteiger partial charge in [0.05, 0.1) is 12.6 Å². The maximum atomic E-state index is 12.9. The highest BCUT2D eigenvalue weighted by Gasteiger charge is 2.31. The lowest BCUT2D eigenvalue weighted by atomic mass is 10.0. The predicted octanol–water partition coefficient (Wildman–Crippen LogP) is 2.48. The van der Waals surface area contributed by atoms with E-state index >= 15 is 0 Å². The van der Waals surface area contributed by atoms with Crippen molar-refractivity contribution in [2.24, 2.45) is 5.73 Å². The SMILES string of the molecule is Cl.Cl.NC1Cc2cccnc2N(Cc2ccc(F)cc2)C1=O. The van der Waals surface area contributed by atoms with E-state index < -0.39 is 6.04 Å². The van der Waals surface area contributed by atoms with Crippen LogP contribution in [0.4, 0.5) is 10.2 Å². The Morgan fingerprint density at radius 2 is 1.91 bits per heavy atom. The summed E-state index contributed by atoms with van der Waals surface area (Å²) in [6.45, 7) is 0.344. The maximum absolute atomic E-state index is 12.9. The molecule has 1 aliphatic heterocycles. The third-order valence-electron chi connectivity index (χ3n) is 3.40. The molecule has 2 aromatic rings. The van der Waals surface area contributed by atoms with Crippen molar-refractivity contribution in [3.05, 3.63) is 59.5 Å². The van der Waals surface area contributed by atoms with E-state index in [1.807, 2.05) is 12.1 Å². The van der Waals surface area contributed by atoms with Gasteiger partial charge in [-0.2, -0.15) is 0 Å². The highest BCUT2D eigenvalue weighted by Crippen LogP contribution is 2.26. The fourth-order valence-corrected chi connectivity index (χ4v) is 2.39. The standard InChI is InChI=1S/C15H14FN3O.2ClH/c16-12-5-3-10(4-6-12)9-19-14-11(2-1-7-18-14)8-13(17)15(19)20;;/h1-7,13H,8-9,17H2;2*1H. The van der Waals surface area contributed by atoms with Crippen molar-refractivity contribution in [3.63, 3.8) is 0 Å². The number of halogens is 3. The third-order valence-corrected chi connectivity index (χ3v) is 3.40. The van der Waals surface area contributed by atoms with E-state index in [1.54, 1.807) is 23.2 Å². The summed E-state index contributed by atoms with van der Waals surface area (Å²) in [7, 11) is 0. The number of hydrogen-bond donors (Lipinski definition) is 1. The zero-order chi connectivity index (χ0) is 14.1. The number of fused-ring (bicyclic) bond motifs is 1. The second-order valence-electron chi connectivity index (χ2n) is 4.85. The van der Waals surface area contributed by atoms with Gasteiger partial charge < -0.3 is 5.73 Å². The molecule has 7 heteroatoms. The Balaban J connectivity index is 0.00000121. The highest BCUT2D eigenvalue weighted by atomic mass is 35.5. The molecule has 0 bridgehead atoms. The number of amides is 1. The minimum absolute atomic E-state index is 0. The number of pyridine rings is 1. The first-order valence-electron chi connectivity index (χ1n) is 6.40. The summed E-state index contributed by atoms with van der Waals surface area (Å²) in [6, 6.07) is 9.28. The van der Waals surface area contributed by atoms with Crippen LogP contribution in [0.25, 0.3) is 0 Å². The molecule has 0 saturated heterocycles. The lowest BCUT2D eigenvalue weighted by molar-refractivity contribution is -0.120. The van der Waals surface area contributed by atoms with E-state index in [4.69, 9.17) is 5.73 Å². The largest absolute Gasteiger partial charge is 0.320 e. The summed E-state index contributed by atoms with van der Waals surface area (Å²) in [5.74, 6) is 0.193. The summed E-state index contributed by atoms with van der Waals surface area (Å²) in [5, 5.41) is 0. The smallest absolute Gasteiger partial charge is 0.245 e. The molecule has 1 aromatic carbocycles. The molecular weight excluding hydrogens is 328 g/mol. The Bertz CT molecular complexity index is 651. The van der Waals surface area contributed by atoms with E-state index in [9.17, 15) is 9.18 Å². The van der Waals surface area contributed by atoms with Gasteiger partial charge in [0.25, 0.3) is 0 Å². The van der Waals surface area contributed by atoms with Gasteiger partial charge in [-0.15, -0.1) is 24.8 Å². The van der Waals surface area contributed by atoms with Gasteiger partial charge >= 0.3 is 0 Å². The van der Waals surface area contributed by atoms with Crippen LogP contribution in [-0.4, -0.2) is 16.9 Å². The van der Waals surface area contributed by atoms with Crippen molar-refractivity contribution in [2.45, 2.75) is 19.0 Å². The minimum atomic E-state index is -0.549. The zero-order valence-corrected chi connectivity index (χ0v) is 13.2. The van der Waals surface area contributed by atoms with E-state index in [1.165, 1.54) is 12.1 Å². The van der Waals surface area contributed by atoms with E-state index in [-0.39, 0.29) is 36.5 Å². The highest BCUT2D eigenvalue weighted by molar-refractivity contribution is 5.99. The van der Waals surface area contributed by atoms with Crippen molar-refractivity contribution in [1.29, 1.82) is 0 Å². The maximum Gasteiger partial charge on any atom is 0.245 e. The van der Waals surface area contributed by atoms with Gasteiger partial charge in [0.1, 0.15) is 11.6 Å². The number of aromatic nitrogens is 1. The van der Waals surface area contributed by atoms with Crippen LogP contribution < -0.4 is 10.6 Å². The molecule has 22 heavy (non-hydrogen) atoms. The van der Waals surface area contributed by atoms with Crippen LogP contribution in [0.15, 0.2) is 42.6 Å². The van der Waals surface area contributed by atoms with Crippen LogP contribution in [-0.2, 0) is 17.8 Å². The Labute approximate surface area is 140 Å². The van der Waals surface area contributed by atoms with Crippen LogP contribution in [0, 0.1) is 5.82 Å². The van der Waals surface area contributed by atoms with Gasteiger partial charge in [0.15, 0.2) is 0 Å². The predicted molar refractivity (Wildman–Crippen MR) is 88.0 cm³/mol. The topological polar surface area (TPSA) is 59.2 Å². The van der Waals surface area contributed by atoms with Crippen LogP contribution in [0.2, 0.25) is 0 Å². The first-order valence-corrected chi connectivity index (χ1v) is 6.40. The summed E-state index contributed by atoms with van der Waals surface area (Å²) in [6.07, 6.45) is 2.16. The van der Waals surface area contributed by atoms with Crippen LogP contribution in [0.1, 0.15) is 11.1 Å². The zero-order valence-electron chi connectivity index (χ0n) is 11.6. The van der Waals surface area contributed by atoms with Crippen LogP contribution in [0.3, 0.4) is 0 Å². The third kappa shape index (κ3) is 3.55. The first-order chi connectivity index (χ1) is 9.65. The molecule has 0 aliphatic carbocycles. The molecule has 4 nitrogen and oxygen atoms in total. The van der Waals surface area contributed by atoms with Crippen molar-refractivity contribution < 1.29 is 9.18 Å². The monoisotopic (exact) mass is 343 g/mol. The molecular formula is C15H16Cl2FN3O. The Morgan fingerprint density at radius 1 is 1.23 bits per heavy atom. The lowest BCUT2D eigenvalue weighted by Gasteiger charge is -2.31. The molecule has 2 N–H and O–H groups in total. The second kappa shape index (κ2) is 7.54. The van der Waals surface area contributed by atoms with Crippen LogP contribution in [0.5, 0.6) is 0 Å². The van der Waals surface area contributed by atoms with Gasteiger partial charge in [-0.1, -0.05) is 18.2 Å². The number of nitrogens with zero attached hydrogens (tertiary/aromatic N) is 2. The van der Waals surface area contributed by atoms with E-state index in [0.29, 0.717) is 18.8 Å². The van der Waals surface area contributed by atoms with E-state index in [0.717, 1.165) is 11.1 Å². The molecule has 1 aromatic heterocycles. The summed E-state index contributed by atoms with van der Waals surface area (Å²) in [4.78, 5) is 18.1. The average molecular weight is 344 g/mol. The van der Waals surface area contributed by atoms with Crippen molar-refractivity contribution in [1.82, 2.24) is 4.98 Å². The molecule has 118 valence electrons. The second-order valence-corrected chi connectivity index (χ2v) is 4.85. The number of benzene rings is 1. The summed E-state index contributed by atoms with van der Waals surface area (Å²) >= 11 is 0. The molecule has 3 rings (SSSR count). The number of anilines is 1. The fourth-order valence-electron chi connectivity index (χ4n) is 2.39. The Hall–Kier alpha value is -1.69. The van der Waals surface area contributed by atoms with E-state index in [2.05, 4.69) is 4.98 Å². The lowest BCUT2D eigenvalue weighted by Crippen LogP contribution is -2.48. The van der Waals surface area contributed by atoms with Gasteiger partial charge in [-0.3, -0.25) is 9.69 Å². The quantitative estimate of drug-likeness (QED) is 0.911. The fraction of sp³-hybridized carbons (Fsp3) is 0.200. The van der Waals surface area contributed by atoms with Crippen molar-refractivity contribution >= 4 is 36.5 Å². The van der Waals surface area contributed by atoms with Gasteiger partial charge in [-0.05, 0) is 29.3 Å². The molecule has 0 fully saturated rings. The number of nitrogens with two attached hydrogens (primary N) is 1. The first kappa shape index (κ1) is 18.4. The normalized spacial score (nSPS) is 16.4. The van der Waals surface area contributed by atoms with Gasteiger partial charge in [0.2, 0.25) is 5.91 Å². The molecule has 0 spiro atoms. The molecule has 1 amide bonds.